The van der Waals surface area contributed by atoms with Crippen LogP contribution in [0.4, 0.5) is 0 Å². The van der Waals surface area contributed by atoms with Crippen molar-refractivity contribution in [3.8, 4) is 0 Å². The number of carboxylic acids is 1. The molecule has 0 aliphatic heterocycles. The third-order valence-electron chi connectivity index (χ3n) is 2.15. The Morgan fingerprint density at radius 2 is 2.06 bits per heavy atom. The van der Waals surface area contributed by atoms with Gasteiger partial charge in [-0.1, -0.05) is 19.9 Å². The molecule has 0 amide bonds. The molecule has 0 heterocycles. The second-order valence-corrected chi connectivity index (χ2v) is 6.26. The number of hydrogen-bond donors (Lipinski definition) is 2. The lowest BCUT2D eigenvalue weighted by molar-refractivity contribution is -0.139. The maximum absolute atomic E-state index is 11.6. The van der Waals surface area contributed by atoms with Gasteiger partial charge in [0.2, 0.25) is 10.0 Å². The van der Waals surface area contributed by atoms with E-state index in [1.165, 1.54) is 0 Å². The highest BCUT2D eigenvalue weighted by Gasteiger charge is 2.24. The quantitative estimate of drug-likeness (QED) is 0.486. The van der Waals surface area contributed by atoms with Gasteiger partial charge in [0.25, 0.3) is 0 Å². The van der Waals surface area contributed by atoms with Crippen LogP contribution in [-0.4, -0.2) is 31.3 Å². The summed E-state index contributed by atoms with van der Waals surface area (Å²) in [4.78, 5) is 10.9. The van der Waals surface area contributed by atoms with E-state index in [4.69, 9.17) is 5.11 Å². The van der Waals surface area contributed by atoms with Gasteiger partial charge in [-0.15, -0.1) is 6.58 Å². The number of rotatable bonds is 9. The number of aliphatic carboxylic acids is 1. The Kier molecular flexibility index (Phi) is 7.06. The number of allylic oxidation sites excluding steroid dienone is 1. The zero-order chi connectivity index (χ0) is 13.5. The van der Waals surface area contributed by atoms with Gasteiger partial charge >= 0.3 is 5.97 Å². The summed E-state index contributed by atoms with van der Waals surface area (Å²) in [5.74, 6) is -1.08. The molecule has 0 aromatic heterocycles. The SMILES string of the molecule is C=CCCCS(=O)(=O)N[C@@H](CC(C)C)C(=O)O. The zero-order valence-corrected chi connectivity index (χ0v) is 11.2. The summed E-state index contributed by atoms with van der Waals surface area (Å²) in [6.07, 6.45) is 2.98. The van der Waals surface area contributed by atoms with Gasteiger partial charge in [0.15, 0.2) is 0 Å². The number of hydrogen-bond acceptors (Lipinski definition) is 3. The van der Waals surface area contributed by atoms with Gasteiger partial charge in [-0.3, -0.25) is 4.79 Å². The fraction of sp³-hybridized carbons (Fsp3) is 0.727. The molecule has 0 aliphatic rings. The predicted molar refractivity (Wildman–Crippen MR) is 67.2 cm³/mol. The van der Waals surface area contributed by atoms with Gasteiger partial charge in [0.05, 0.1) is 5.75 Å². The summed E-state index contributed by atoms with van der Waals surface area (Å²) in [5.41, 5.74) is 0. The van der Waals surface area contributed by atoms with Crippen LogP contribution in [0.2, 0.25) is 0 Å². The van der Waals surface area contributed by atoms with E-state index < -0.39 is 22.0 Å². The molecule has 2 N–H and O–H groups in total. The van der Waals surface area contributed by atoms with Crippen molar-refractivity contribution in [1.29, 1.82) is 0 Å². The largest absolute Gasteiger partial charge is 0.480 e. The Morgan fingerprint density at radius 3 is 2.47 bits per heavy atom. The first-order valence-electron chi connectivity index (χ1n) is 5.62. The highest BCUT2D eigenvalue weighted by molar-refractivity contribution is 7.89. The first-order valence-corrected chi connectivity index (χ1v) is 7.27. The lowest BCUT2D eigenvalue weighted by Crippen LogP contribution is -2.42. The monoisotopic (exact) mass is 263 g/mol. The first-order chi connectivity index (χ1) is 7.78. The topological polar surface area (TPSA) is 83.5 Å². The molecule has 0 saturated heterocycles. The molecule has 0 rings (SSSR count). The smallest absolute Gasteiger partial charge is 0.321 e. The van der Waals surface area contributed by atoms with E-state index in [1.807, 2.05) is 13.8 Å². The van der Waals surface area contributed by atoms with E-state index in [0.29, 0.717) is 12.8 Å². The van der Waals surface area contributed by atoms with E-state index in [1.54, 1.807) is 6.08 Å². The summed E-state index contributed by atoms with van der Waals surface area (Å²) in [7, 11) is -3.52. The molecule has 0 unspecified atom stereocenters. The van der Waals surface area contributed by atoms with Crippen LogP contribution in [0.25, 0.3) is 0 Å². The molecule has 0 bridgehead atoms. The lowest BCUT2D eigenvalue weighted by atomic mass is 10.1. The fourth-order valence-electron chi connectivity index (χ4n) is 1.36. The number of carboxylic acid groups (broad SMARTS) is 1. The maximum atomic E-state index is 11.6. The van der Waals surface area contributed by atoms with E-state index in [9.17, 15) is 13.2 Å². The third kappa shape index (κ3) is 7.93. The summed E-state index contributed by atoms with van der Waals surface area (Å²) >= 11 is 0. The van der Waals surface area contributed by atoms with Crippen LogP contribution >= 0.6 is 0 Å². The van der Waals surface area contributed by atoms with E-state index in [-0.39, 0.29) is 18.1 Å². The van der Waals surface area contributed by atoms with Crippen LogP contribution < -0.4 is 4.72 Å². The molecule has 1 atom stereocenters. The number of nitrogens with one attached hydrogen (secondary N) is 1. The first kappa shape index (κ1) is 16.1. The summed E-state index contributed by atoms with van der Waals surface area (Å²) in [5, 5.41) is 8.91. The van der Waals surface area contributed by atoms with Crippen molar-refractivity contribution < 1.29 is 18.3 Å². The minimum absolute atomic E-state index is 0.0686. The van der Waals surface area contributed by atoms with Crippen LogP contribution in [0, 0.1) is 5.92 Å². The van der Waals surface area contributed by atoms with Gasteiger partial charge in [-0.2, -0.15) is 0 Å². The Hall–Kier alpha value is -0.880. The van der Waals surface area contributed by atoms with Crippen LogP contribution in [0.15, 0.2) is 12.7 Å². The summed E-state index contributed by atoms with van der Waals surface area (Å²) in [6, 6.07) is -1.04. The molecular weight excluding hydrogens is 242 g/mol. The van der Waals surface area contributed by atoms with Crippen molar-refractivity contribution >= 4 is 16.0 Å². The Morgan fingerprint density at radius 1 is 1.47 bits per heavy atom. The van der Waals surface area contributed by atoms with Crippen molar-refractivity contribution in [2.24, 2.45) is 5.92 Å². The molecule has 6 heteroatoms. The van der Waals surface area contributed by atoms with Crippen LogP contribution in [0.5, 0.6) is 0 Å². The normalized spacial score (nSPS) is 13.6. The van der Waals surface area contributed by atoms with Crippen molar-refractivity contribution in [2.45, 2.75) is 39.2 Å². The standard InChI is InChI=1S/C11H21NO4S/c1-4-5-6-7-17(15,16)12-10(11(13)14)8-9(2)3/h4,9-10,12H,1,5-8H2,2-3H3,(H,13,14)/t10-/m0/s1. The predicted octanol–water partition coefficient (Wildman–Crippen LogP) is 1.37. The molecule has 100 valence electrons. The van der Waals surface area contributed by atoms with Crippen LogP contribution in [0.3, 0.4) is 0 Å². The third-order valence-corrected chi connectivity index (χ3v) is 3.62. The second kappa shape index (κ2) is 7.45. The van der Waals surface area contributed by atoms with Crippen molar-refractivity contribution in [3.05, 3.63) is 12.7 Å². The van der Waals surface area contributed by atoms with E-state index in [2.05, 4.69) is 11.3 Å². The van der Waals surface area contributed by atoms with E-state index in [0.717, 1.165) is 0 Å². The molecular formula is C11H21NO4S. The molecule has 0 aromatic carbocycles. The number of sulfonamides is 1. The highest BCUT2D eigenvalue weighted by Crippen LogP contribution is 2.07. The van der Waals surface area contributed by atoms with Crippen LogP contribution in [-0.2, 0) is 14.8 Å². The lowest BCUT2D eigenvalue weighted by Gasteiger charge is -2.16. The second-order valence-electron chi connectivity index (χ2n) is 4.39. The van der Waals surface area contributed by atoms with Crippen molar-refractivity contribution in [3.63, 3.8) is 0 Å². The summed E-state index contributed by atoms with van der Waals surface area (Å²) < 4.78 is 25.4. The molecule has 0 fully saturated rings. The molecule has 0 spiro atoms. The maximum Gasteiger partial charge on any atom is 0.321 e. The molecule has 0 aliphatic carbocycles. The van der Waals surface area contributed by atoms with Gasteiger partial charge in [-0.25, -0.2) is 13.1 Å². The van der Waals surface area contributed by atoms with E-state index >= 15 is 0 Å². The average molecular weight is 263 g/mol. The number of unbranched alkanes of at least 4 members (excludes halogenated alkanes) is 1. The zero-order valence-electron chi connectivity index (χ0n) is 10.3. The molecule has 17 heavy (non-hydrogen) atoms. The van der Waals surface area contributed by atoms with Crippen LogP contribution in [0.1, 0.15) is 33.1 Å². The Bertz CT molecular complexity index is 348. The van der Waals surface area contributed by atoms with Crippen molar-refractivity contribution in [1.82, 2.24) is 4.72 Å². The summed E-state index contributed by atoms with van der Waals surface area (Å²) in [6.45, 7) is 7.20. The molecule has 0 radical (unpaired) electrons. The molecule has 5 nitrogen and oxygen atoms in total. The Balaban J connectivity index is 4.42. The minimum atomic E-state index is -3.52. The highest BCUT2D eigenvalue weighted by atomic mass is 32.2. The molecule has 0 aromatic rings. The average Bonchev–Trinajstić information content (AvgIpc) is 2.15. The Labute approximate surface area is 103 Å². The van der Waals surface area contributed by atoms with Crippen molar-refractivity contribution in [2.75, 3.05) is 5.75 Å². The minimum Gasteiger partial charge on any atom is -0.480 e. The van der Waals surface area contributed by atoms with Gasteiger partial charge < -0.3 is 5.11 Å². The number of carbonyl (C=O) groups is 1. The fourth-order valence-corrected chi connectivity index (χ4v) is 2.66. The van der Waals surface area contributed by atoms with Gasteiger partial charge in [-0.05, 0) is 25.2 Å². The van der Waals surface area contributed by atoms with Gasteiger partial charge in [0, 0.05) is 0 Å². The molecule has 0 saturated carbocycles. The van der Waals surface area contributed by atoms with Gasteiger partial charge in [0.1, 0.15) is 6.04 Å².